The number of nitrogens with one attached hydrogen (secondary N) is 1. The van der Waals surface area contributed by atoms with Crippen LogP contribution in [0.2, 0.25) is 0 Å². The SMILES string of the molecule is CC1=Cc2cc(Nc3nn(C4COCC[C@@H]4C)cc3C(N)=O)cc(C)c2OB1O. The fourth-order valence-corrected chi connectivity index (χ4v) is 3.80. The molecule has 4 rings (SSSR count). The topological polar surface area (TPSA) is 112 Å². The zero-order chi connectivity index (χ0) is 20.7. The molecule has 3 heterocycles. The number of amides is 1. The van der Waals surface area contributed by atoms with Crippen LogP contribution in [0.4, 0.5) is 11.5 Å². The van der Waals surface area contributed by atoms with Gasteiger partial charge in [0.1, 0.15) is 11.3 Å². The Kier molecular flexibility index (Phi) is 5.10. The molecule has 0 radical (unpaired) electrons. The molecule has 0 spiro atoms. The Morgan fingerprint density at radius 2 is 2.21 bits per heavy atom. The number of primary amides is 1. The molecule has 1 saturated heterocycles. The molecule has 2 aliphatic rings. The number of nitrogens with zero attached hydrogens (tertiary/aromatic N) is 2. The summed E-state index contributed by atoms with van der Waals surface area (Å²) < 4.78 is 13.0. The summed E-state index contributed by atoms with van der Waals surface area (Å²) in [6.45, 7) is 7.16. The van der Waals surface area contributed by atoms with Crippen molar-refractivity contribution < 1.29 is 19.2 Å². The number of anilines is 2. The predicted molar refractivity (Wildman–Crippen MR) is 111 cm³/mol. The molecule has 29 heavy (non-hydrogen) atoms. The molecular formula is C20H25BN4O4. The molecule has 0 aliphatic carbocycles. The quantitative estimate of drug-likeness (QED) is 0.685. The molecule has 1 fully saturated rings. The minimum atomic E-state index is -0.933. The van der Waals surface area contributed by atoms with Gasteiger partial charge in [-0.05, 0) is 49.4 Å². The first-order valence-corrected chi connectivity index (χ1v) is 9.74. The molecule has 1 aromatic carbocycles. The van der Waals surface area contributed by atoms with E-state index in [0.29, 0.717) is 29.7 Å². The van der Waals surface area contributed by atoms with E-state index in [2.05, 4.69) is 17.3 Å². The Balaban J connectivity index is 1.67. The number of fused-ring (bicyclic) bond motifs is 1. The van der Waals surface area contributed by atoms with E-state index in [0.717, 1.165) is 35.3 Å². The number of allylic oxidation sites excluding steroid dienone is 1. The molecule has 2 atom stereocenters. The highest BCUT2D eigenvalue weighted by Gasteiger charge is 2.28. The molecule has 1 aromatic heterocycles. The van der Waals surface area contributed by atoms with Crippen molar-refractivity contribution in [3.8, 4) is 5.75 Å². The Morgan fingerprint density at radius 3 is 2.93 bits per heavy atom. The molecule has 2 aromatic rings. The minimum absolute atomic E-state index is 0.0585. The number of benzene rings is 1. The number of carbonyl (C=O) groups is 1. The van der Waals surface area contributed by atoms with Gasteiger partial charge >= 0.3 is 7.12 Å². The maximum absolute atomic E-state index is 12.0. The van der Waals surface area contributed by atoms with Crippen molar-refractivity contribution in [1.29, 1.82) is 0 Å². The van der Waals surface area contributed by atoms with E-state index >= 15 is 0 Å². The summed E-state index contributed by atoms with van der Waals surface area (Å²) in [5, 5.41) is 17.8. The number of carbonyl (C=O) groups excluding carboxylic acids is 1. The van der Waals surface area contributed by atoms with E-state index in [1.165, 1.54) is 0 Å². The smallest absolute Gasteiger partial charge is 0.532 e. The second kappa shape index (κ2) is 7.57. The van der Waals surface area contributed by atoms with Gasteiger partial charge in [0.15, 0.2) is 5.82 Å². The zero-order valence-corrected chi connectivity index (χ0v) is 16.8. The largest absolute Gasteiger partial charge is 0.555 e. The van der Waals surface area contributed by atoms with E-state index in [-0.39, 0.29) is 6.04 Å². The van der Waals surface area contributed by atoms with Gasteiger partial charge in [-0.2, -0.15) is 5.10 Å². The highest BCUT2D eigenvalue weighted by Crippen LogP contribution is 2.35. The van der Waals surface area contributed by atoms with Gasteiger partial charge in [0.2, 0.25) is 0 Å². The van der Waals surface area contributed by atoms with Crippen molar-refractivity contribution in [2.24, 2.45) is 11.7 Å². The van der Waals surface area contributed by atoms with Crippen molar-refractivity contribution in [1.82, 2.24) is 9.78 Å². The molecule has 2 aliphatic heterocycles. The van der Waals surface area contributed by atoms with Crippen LogP contribution in [0.1, 0.15) is 47.8 Å². The van der Waals surface area contributed by atoms with Crippen molar-refractivity contribution in [2.75, 3.05) is 18.5 Å². The maximum atomic E-state index is 12.0. The van der Waals surface area contributed by atoms with E-state index in [4.69, 9.17) is 15.1 Å². The first-order chi connectivity index (χ1) is 13.8. The summed E-state index contributed by atoms with van der Waals surface area (Å²) in [7, 11) is -0.933. The van der Waals surface area contributed by atoms with Gasteiger partial charge in [-0.3, -0.25) is 9.48 Å². The van der Waals surface area contributed by atoms with Crippen LogP contribution in [0.3, 0.4) is 0 Å². The summed E-state index contributed by atoms with van der Waals surface area (Å²) >= 11 is 0. The third-order valence-corrected chi connectivity index (χ3v) is 5.57. The molecule has 0 bridgehead atoms. The standard InChI is InChI=1S/C20H25BN4O4/c1-11-4-5-28-10-17(11)25-9-16(19(22)26)20(24-25)23-15-6-12(2)18-14(8-15)7-13(3)21(27)29-18/h6-9,11,17,27H,4-5,10H2,1-3H3,(H2,22,26)(H,23,24)/t11-,17?/m0/s1. The van der Waals surface area contributed by atoms with Gasteiger partial charge in [0.05, 0.1) is 12.6 Å². The Morgan fingerprint density at radius 1 is 1.41 bits per heavy atom. The summed E-state index contributed by atoms with van der Waals surface area (Å²) in [5.41, 5.74) is 9.12. The second-order valence-corrected chi connectivity index (χ2v) is 7.84. The summed E-state index contributed by atoms with van der Waals surface area (Å²) in [4.78, 5) is 12.0. The van der Waals surface area contributed by atoms with E-state index < -0.39 is 13.0 Å². The normalized spacial score (nSPS) is 21.2. The molecule has 1 amide bonds. The molecular weight excluding hydrogens is 371 g/mol. The lowest BCUT2D eigenvalue weighted by atomic mass is 9.76. The molecule has 152 valence electrons. The fraction of sp³-hybridized carbons (Fsp3) is 0.400. The van der Waals surface area contributed by atoms with Crippen LogP contribution in [-0.2, 0) is 4.74 Å². The van der Waals surface area contributed by atoms with Crippen LogP contribution < -0.4 is 15.7 Å². The number of nitrogens with two attached hydrogens (primary N) is 1. The zero-order valence-electron chi connectivity index (χ0n) is 16.8. The van der Waals surface area contributed by atoms with Gasteiger partial charge in [0.25, 0.3) is 5.91 Å². The first-order valence-electron chi connectivity index (χ1n) is 9.74. The average Bonchev–Trinajstić information content (AvgIpc) is 3.07. The van der Waals surface area contributed by atoms with Crippen LogP contribution in [0.5, 0.6) is 5.75 Å². The van der Waals surface area contributed by atoms with Gasteiger partial charge < -0.3 is 25.5 Å². The van der Waals surface area contributed by atoms with E-state index in [1.807, 2.05) is 32.1 Å². The summed E-state index contributed by atoms with van der Waals surface area (Å²) in [6, 6.07) is 3.84. The Hall–Kier alpha value is -2.78. The van der Waals surface area contributed by atoms with E-state index in [9.17, 15) is 9.82 Å². The van der Waals surface area contributed by atoms with Crippen molar-refractivity contribution in [3.63, 3.8) is 0 Å². The average molecular weight is 396 g/mol. The summed E-state index contributed by atoms with van der Waals surface area (Å²) in [5.74, 6) is 0.898. The predicted octanol–water partition coefficient (Wildman–Crippen LogP) is 2.45. The van der Waals surface area contributed by atoms with Crippen LogP contribution in [-0.4, -0.2) is 41.0 Å². The number of hydrogen-bond acceptors (Lipinski definition) is 6. The van der Waals surface area contributed by atoms with Crippen molar-refractivity contribution >= 4 is 30.6 Å². The third-order valence-electron chi connectivity index (χ3n) is 5.57. The van der Waals surface area contributed by atoms with Crippen LogP contribution in [0, 0.1) is 12.8 Å². The lowest BCUT2D eigenvalue weighted by Gasteiger charge is -2.28. The highest BCUT2D eigenvalue weighted by molar-refractivity contribution is 6.54. The van der Waals surface area contributed by atoms with Crippen LogP contribution in [0.25, 0.3) is 6.08 Å². The highest BCUT2D eigenvalue weighted by atomic mass is 16.5. The number of aromatic nitrogens is 2. The lowest BCUT2D eigenvalue weighted by molar-refractivity contribution is 0.0238. The molecule has 1 unspecified atom stereocenters. The Bertz CT molecular complexity index is 987. The Labute approximate surface area is 169 Å². The molecule has 4 N–H and O–H groups in total. The van der Waals surface area contributed by atoms with E-state index in [1.54, 1.807) is 10.9 Å². The number of aryl methyl sites for hydroxylation is 1. The molecule has 8 nitrogen and oxygen atoms in total. The third kappa shape index (κ3) is 3.75. The van der Waals surface area contributed by atoms with Gasteiger partial charge in [0, 0.05) is 24.1 Å². The summed E-state index contributed by atoms with van der Waals surface area (Å²) in [6.07, 6.45) is 4.52. The number of rotatable bonds is 4. The monoisotopic (exact) mass is 396 g/mol. The lowest BCUT2D eigenvalue weighted by Crippen LogP contribution is -2.28. The van der Waals surface area contributed by atoms with Gasteiger partial charge in [-0.1, -0.05) is 13.0 Å². The number of ether oxygens (including phenoxy) is 1. The van der Waals surface area contributed by atoms with Gasteiger partial charge in [-0.15, -0.1) is 0 Å². The fourth-order valence-electron chi connectivity index (χ4n) is 3.80. The first kappa shape index (κ1) is 19.5. The molecule has 0 saturated carbocycles. The number of hydrogen-bond donors (Lipinski definition) is 3. The van der Waals surface area contributed by atoms with Crippen molar-refractivity contribution in [2.45, 2.75) is 33.2 Å². The van der Waals surface area contributed by atoms with Crippen LogP contribution >= 0.6 is 0 Å². The minimum Gasteiger partial charge on any atom is -0.532 e. The molecule has 9 heteroatoms. The van der Waals surface area contributed by atoms with Gasteiger partial charge in [-0.25, -0.2) is 0 Å². The maximum Gasteiger partial charge on any atom is 0.555 e. The van der Waals surface area contributed by atoms with Crippen molar-refractivity contribution in [3.05, 3.63) is 40.5 Å². The van der Waals surface area contributed by atoms with Crippen LogP contribution in [0.15, 0.2) is 23.8 Å². The second-order valence-electron chi connectivity index (χ2n) is 7.84.